The van der Waals surface area contributed by atoms with Crippen molar-refractivity contribution in [1.82, 2.24) is 9.88 Å². The van der Waals surface area contributed by atoms with E-state index in [2.05, 4.69) is 10.3 Å². The summed E-state index contributed by atoms with van der Waals surface area (Å²) in [6.45, 7) is 4.88. The van der Waals surface area contributed by atoms with Crippen molar-refractivity contribution in [1.29, 1.82) is 0 Å². The summed E-state index contributed by atoms with van der Waals surface area (Å²) in [5, 5.41) is 14.0. The van der Waals surface area contributed by atoms with Crippen molar-refractivity contribution in [3.8, 4) is 0 Å². The number of piperidine rings is 1. The molecule has 2 N–H and O–H groups in total. The lowest BCUT2D eigenvalue weighted by molar-refractivity contribution is -0.143. The Kier molecular flexibility index (Phi) is 5.83. The maximum Gasteiger partial charge on any atom is 0.321 e. The summed E-state index contributed by atoms with van der Waals surface area (Å²) in [7, 11) is 0. The first kappa shape index (κ1) is 18.7. The highest BCUT2D eigenvalue weighted by Gasteiger charge is 2.27. The standard InChI is InChI=1S/C18H21N3O3S2/c1-11-9-14(26-18-19-12(2)10-25-18)3-4-15(11)20-17(24)21-7-5-13(6-8-21)16(22)23/h3-4,9-10,13H,5-8H2,1-2H3,(H,20,24)(H,22,23). The Morgan fingerprint density at radius 1 is 1.31 bits per heavy atom. The van der Waals surface area contributed by atoms with Crippen LogP contribution < -0.4 is 5.32 Å². The van der Waals surface area contributed by atoms with Crippen molar-refractivity contribution in [3.63, 3.8) is 0 Å². The van der Waals surface area contributed by atoms with Crippen LogP contribution >= 0.6 is 23.1 Å². The number of carbonyl (C=O) groups excluding carboxylic acids is 1. The number of anilines is 1. The van der Waals surface area contributed by atoms with E-state index in [1.165, 1.54) is 0 Å². The average Bonchev–Trinajstić information content (AvgIpc) is 3.02. The van der Waals surface area contributed by atoms with Gasteiger partial charge >= 0.3 is 12.0 Å². The van der Waals surface area contributed by atoms with Crippen LogP contribution in [0.2, 0.25) is 0 Å². The highest BCUT2D eigenvalue weighted by Crippen LogP contribution is 2.32. The van der Waals surface area contributed by atoms with E-state index < -0.39 is 5.97 Å². The van der Waals surface area contributed by atoms with E-state index in [0.717, 1.165) is 26.2 Å². The molecule has 2 aromatic rings. The Balaban J connectivity index is 1.59. The molecular formula is C18H21N3O3S2. The van der Waals surface area contributed by atoms with E-state index in [9.17, 15) is 9.59 Å². The fourth-order valence-corrected chi connectivity index (χ4v) is 4.75. The van der Waals surface area contributed by atoms with Gasteiger partial charge in [-0.1, -0.05) is 11.8 Å². The van der Waals surface area contributed by atoms with Crippen molar-refractivity contribution >= 4 is 40.8 Å². The van der Waals surface area contributed by atoms with Crippen LogP contribution in [0.15, 0.2) is 32.8 Å². The zero-order valence-electron chi connectivity index (χ0n) is 14.7. The molecule has 0 radical (unpaired) electrons. The minimum Gasteiger partial charge on any atom is -0.481 e. The number of urea groups is 1. The predicted octanol–water partition coefficient (Wildman–Crippen LogP) is 4.24. The molecule has 138 valence electrons. The molecule has 8 heteroatoms. The van der Waals surface area contributed by atoms with Gasteiger partial charge in [0.1, 0.15) is 0 Å². The Morgan fingerprint density at radius 3 is 2.62 bits per heavy atom. The lowest BCUT2D eigenvalue weighted by atomic mass is 9.97. The van der Waals surface area contributed by atoms with Gasteiger partial charge in [-0.3, -0.25) is 4.79 Å². The zero-order chi connectivity index (χ0) is 18.7. The third-order valence-corrected chi connectivity index (χ3v) is 6.42. The van der Waals surface area contributed by atoms with E-state index >= 15 is 0 Å². The van der Waals surface area contributed by atoms with Crippen LogP contribution in [0.1, 0.15) is 24.1 Å². The Morgan fingerprint density at radius 2 is 2.04 bits per heavy atom. The molecule has 0 bridgehead atoms. The van der Waals surface area contributed by atoms with Gasteiger partial charge in [-0.2, -0.15) is 0 Å². The molecule has 1 saturated heterocycles. The van der Waals surface area contributed by atoms with Crippen molar-refractivity contribution in [2.24, 2.45) is 5.92 Å². The number of nitrogens with one attached hydrogen (secondary N) is 1. The summed E-state index contributed by atoms with van der Waals surface area (Å²) in [4.78, 5) is 30.6. The second-order valence-electron chi connectivity index (χ2n) is 6.36. The number of amides is 2. The van der Waals surface area contributed by atoms with Crippen LogP contribution in [-0.2, 0) is 4.79 Å². The molecule has 26 heavy (non-hydrogen) atoms. The Labute approximate surface area is 160 Å². The lowest BCUT2D eigenvalue weighted by Gasteiger charge is -2.30. The fraction of sp³-hybridized carbons (Fsp3) is 0.389. The lowest BCUT2D eigenvalue weighted by Crippen LogP contribution is -2.42. The number of thiazole rings is 1. The van der Waals surface area contributed by atoms with Gasteiger partial charge in [0, 0.05) is 34.7 Å². The van der Waals surface area contributed by atoms with Gasteiger partial charge in [-0.25, -0.2) is 9.78 Å². The van der Waals surface area contributed by atoms with Gasteiger partial charge in [0.05, 0.1) is 5.92 Å². The van der Waals surface area contributed by atoms with Crippen LogP contribution in [0.4, 0.5) is 10.5 Å². The number of carbonyl (C=O) groups is 2. The molecule has 2 heterocycles. The summed E-state index contributed by atoms with van der Waals surface area (Å²) < 4.78 is 1.000. The maximum absolute atomic E-state index is 12.4. The van der Waals surface area contributed by atoms with Crippen molar-refractivity contribution in [3.05, 3.63) is 34.8 Å². The third kappa shape index (κ3) is 4.56. The number of carboxylic acid groups (broad SMARTS) is 1. The summed E-state index contributed by atoms with van der Waals surface area (Å²) in [5.74, 6) is -1.11. The molecule has 1 aromatic carbocycles. The minimum atomic E-state index is -0.774. The predicted molar refractivity (Wildman–Crippen MR) is 103 cm³/mol. The molecule has 0 spiro atoms. The van der Waals surface area contributed by atoms with E-state index in [0.29, 0.717) is 25.9 Å². The maximum atomic E-state index is 12.4. The number of aryl methyl sites for hydroxylation is 2. The summed E-state index contributed by atoms with van der Waals surface area (Å²) in [6, 6.07) is 5.74. The quantitative estimate of drug-likeness (QED) is 0.815. The highest BCUT2D eigenvalue weighted by atomic mass is 32.2. The number of hydrogen-bond acceptors (Lipinski definition) is 5. The highest BCUT2D eigenvalue weighted by molar-refractivity contribution is 8.01. The molecule has 0 saturated carbocycles. The van der Waals surface area contributed by atoms with E-state index in [-0.39, 0.29) is 11.9 Å². The number of likely N-dealkylation sites (tertiary alicyclic amines) is 1. The SMILES string of the molecule is Cc1csc(Sc2ccc(NC(=O)N3CCC(C(=O)O)CC3)c(C)c2)n1. The van der Waals surface area contributed by atoms with Gasteiger partial charge in [-0.05, 0) is 50.5 Å². The molecule has 0 aliphatic carbocycles. The van der Waals surface area contributed by atoms with Crippen LogP contribution in [0, 0.1) is 19.8 Å². The molecule has 0 unspecified atom stereocenters. The number of benzene rings is 1. The smallest absolute Gasteiger partial charge is 0.321 e. The number of aliphatic carboxylic acids is 1. The fourth-order valence-electron chi connectivity index (χ4n) is 2.84. The molecular weight excluding hydrogens is 370 g/mol. The first-order valence-electron chi connectivity index (χ1n) is 8.42. The van der Waals surface area contributed by atoms with Crippen molar-refractivity contribution in [2.75, 3.05) is 18.4 Å². The second kappa shape index (κ2) is 8.09. The number of rotatable bonds is 4. The largest absolute Gasteiger partial charge is 0.481 e. The molecule has 2 amide bonds. The van der Waals surface area contributed by atoms with Crippen LogP contribution in [0.3, 0.4) is 0 Å². The van der Waals surface area contributed by atoms with Crippen LogP contribution in [-0.4, -0.2) is 40.1 Å². The Bertz CT molecular complexity index is 814. The minimum absolute atomic E-state index is 0.173. The second-order valence-corrected chi connectivity index (χ2v) is 8.54. The zero-order valence-corrected chi connectivity index (χ0v) is 16.3. The topological polar surface area (TPSA) is 82.5 Å². The van der Waals surface area contributed by atoms with Gasteiger partial charge in [0.25, 0.3) is 0 Å². The van der Waals surface area contributed by atoms with Crippen molar-refractivity contribution in [2.45, 2.75) is 35.9 Å². The summed E-state index contributed by atoms with van der Waals surface area (Å²) in [5.41, 5.74) is 2.77. The van der Waals surface area contributed by atoms with E-state index in [4.69, 9.17) is 5.11 Å². The Hall–Kier alpha value is -2.06. The number of nitrogens with zero attached hydrogens (tertiary/aromatic N) is 2. The first-order chi connectivity index (χ1) is 12.4. The third-order valence-electron chi connectivity index (χ3n) is 4.37. The molecule has 6 nitrogen and oxygen atoms in total. The van der Waals surface area contributed by atoms with Gasteiger partial charge in [-0.15, -0.1) is 11.3 Å². The van der Waals surface area contributed by atoms with Crippen LogP contribution in [0.25, 0.3) is 0 Å². The molecule has 0 atom stereocenters. The molecule has 3 rings (SSSR count). The average molecular weight is 392 g/mol. The molecule has 1 aliphatic heterocycles. The van der Waals surface area contributed by atoms with E-state index in [1.54, 1.807) is 28.0 Å². The van der Waals surface area contributed by atoms with Gasteiger partial charge in [0.15, 0.2) is 4.34 Å². The number of carboxylic acids is 1. The summed E-state index contributed by atoms with van der Waals surface area (Å²) in [6.07, 6.45) is 1.01. The van der Waals surface area contributed by atoms with Crippen LogP contribution in [0.5, 0.6) is 0 Å². The molecule has 1 fully saturated rings. The molecule has 1 aliphatic rings. The van der Waals surface area contributed by atoms with Crippen molar-refractivity contribution < 1.29 is 14.7 Å². The van der Waals surface area contributed by atoms with E-state index in [1.807, 2.05) is 37.4 Å². The molecule has 1 aromatic heterocycles. The van der Waals surface area contributed by atoms with Gasteiger partial charge in [0.2, 0.25) is 0 Å². The number of hydrogen-bond donors (Lipinski definition) is 2. The number of aromatic nitrogens is 1. The monoisotopic (exact) mass is 391 g/mol. The normalized spacial score (nSPS) is 15.1. The van der Waals surface area contributed by atoms with Gasteiger partial charge < -0.3 is 15.3 Å². The first-order valence-corrected chi connectivity index (χ1v) is 10.1. The summed E-state index contributed by atoms with van der Waals surface area (Å²) >= 11 is 3.23.